The van der Waals surface area contributed by atoms with E-state index in [1.54, 1.807) is 0 Å². The van der Waals surface area contributed by atoms with Gasteiger partial charge in [0.15, 0.2) is 0 Å². The Morgan fingerprint density at radius 3 is 2.33 bits per heavy atom. The molecule has 0 aliphatic carbocycles. The van der Waals surface area contributed by atoms with E-state index in [0.29, 0.717) is 5.82 Å². The predicted octanol–water partition coefficient (Wildman–Crippen LogP) is 2.17. The first kappa shape index (κ1) is 15.2. The molecule has 2 heterocycles. The average molecular weight is 289 g/mol. The molecule has 114 valence electrons. The minimum absolute atomic E-state index is 0.000550. The molecular weight excluding hydrogens is 266 g/mol. The molecule has 2 aromatic heterocycles. The van der Waals surface area contributed by atoms with Crippen LogP contribution in [0.5, 0.6) is 0 Å². The van der Waals surface area contributed by atoms with E-state index in [2.05, 4.69) is 31.8 Å². The highest BCUT2D eigenvalue weighted by Gasteiger charge is 2.20. The van der Waals surface area contributed by atoms with Crippen LogP contribution < -0.4 is 11.5 Å². The molecule has 2 rings (SSSR count). The van der Waals surface area contributed by atoms with Crippen molar-refractivity contribution in [1.29, 1.82) is 0 Å². The van der Waals surface area contributed by atoms with E-state index in [9.17, 15) is 0 Å². The summed E-state index contributed by atoms with van der Waals surface area (Å²) in [5.41, 5.74) is 12.3. The molecule has 0 saturated carbocycles. The zero-order valence-electron chi connectivity index (χ0n) is 12.6. The van der Waals surface area contributed by atoms with Gasteiger partial charge in [-0.3, -0.25) is 0 Å². The second kappa shape index (κ2) is 7.01. The molecule has 0 aliphatic heterocycles. The molecule has 7 nitrogen and oxygen atoms in total. The zero-order chi connectivity index (χ0) is 15.2. The summed E-state index contributed by atoms with van der Waals surface area (Å²) in [6.45, 7) is 4.12. The fourth-order valence-electron chi connectivity index (χ4n) is 2.38. The van der Waals surface area contributed by atoms with Gasteiger partial charge in [0, 0.05) is 6.20 Å². The molecule has 5 N–H and O–H groups in total. The van der Waals surface area contributed by atoms with Crippen molar-refractivity contribution < 1.29 is 0 Å². The number of aromatic nitrogens is 5. The summed E-state index contributed by atoms with van der Waals surface area (Å²) >= 11 is 0. The van der Waals surface area contributed by atoms with Gasteiger partial charge in [-0.25, -0.2) is 4.98 Å². The number of hydrogen-bond donors (Lipinski definition) is 3. The van der Waals surface area contributed by atoms with E-state index in [1.807, 2.05) is 13.1 Å². The van der Waals surface area contributed by atoms with Crippen LogP contribution in [0.25, 0.3) is 0 Å². The topological polar surface area (TPSA) is 119 Å². The molecule has 0 spiro atoms. The molecule has 0 bridgehead atoms. The normalized spacial score (nSPS) is 12.5. The van der Waals surface area contributed by atoms with Crippen molar-refractivity contribution in [3.8, 4) is 0 Å². The van der Waals surface area contributed by atoms with Gasteiger partial charge in [0.2, 0.25) is 11.9 Å². The fourth-order valence-corrected chi connectivity index (χ4v) is 2.38. The quantitative estimate of drug-likeness (QED) is 0.672. The van der Waals surface area contributed by atoms with Gasteiger partial charge in [-0.2, -0.15) is 15.0 Å². The molecule has 1 unspecified atom stereocenters. The number of unbranched alkanes of at least 4 members (excludes halogenated alkanes) is 3. The van der Waals surface area contributed by atoms with Crippen molar-refractivity contribution in [1.82, 2.24) is 24.9 Å². The lowest BCUT2D eigenvalue weighted by Gasteiger charge is -2.13. The molecule has 0 amide bonds. The maximum absolute atomic E-state index is 5.69. The Kier molecular flexibility index (Phi) is 5.08. The summed E-state index contributed by atoms with van der Waals surface area (Å²) in [5.74, 6) is 1.78. The summed E-state index contributed by atoms with van der Waals surface area (Å²) in [6, 6.07) is 0. The second-order valence-electron chi connectivity index (χ2n) is 5.22. The van der Waals surface area contributed by atoms with Crippen LogP contribution in [-0.4, -0.2) is 24.9 Å². The predicted molar refractivity (Wildman–Crippen MR) is 82.6 cm³/mol. The van der Waals surface area contributed by atoms with Crippen LogP contribution in [0.1, 0.15) is 62.3 Å². The highest BCUT2D eigenvalue weighted by molar-refractivity contribution is 5.29. The Hall–Kier alpha value is -2.18. The van der Waals surface area contributed by atoms with E-state index < -0.39 is 0 Å². The number of aromatic amines is 1. The number of rotatable bonds is 7. The van der Waals surface area contributed by atoms with Crippen molar-refractivity contribution in [2.45, 2.75) is 51.9 Å². The average Bonchev–Trinajstić information content (AvgIpc) is 2.84. The Morgan fingerprint density at radius 2 is 1.76 bits per heavy atom. The monoisotopic (exact) mass is 289 g/mol. The van der Waals surface area contributed by atoms with E-state index in [4.69, 9.17) is 11.5 Å². The molecule has 2 aromatic rings. The van der Waals surface area contributed by atoms with Gasteiger partial charge in [0.1, 0.15) is 11.6 Å². The number of nitrogens with one attached hydrogen (secondary N) is 1. The first-order valence-corrected chi connectivity index (χ1v) is 7.39. The van der Waals surface area contributed by atoms with E-state index in [1.165, 1.54) is 19.3 Å². The van der Waals surface area contributed by atoms with Gasteiger partial charge < -0.3 is 16.5 Å². The minimum atomic E-state index is -0.000550. The Balaban J connectivity index is 2.22. The number of hydrogen-bond acceptors (Lipinski definition) is 6. The Bertz CT molecular complexity index is 558. The molecule has 1 atom stereocenters. The highest BCUT2D eigenvalue weighted by atomic mass is 15.1. The number of nitrogens with zero attached hydrogens (tertiary/aromatic N) is 4. The lowest BCUT2D eigenvalue weighted by molar-refractivity contribution is 0.573. The van der Waals surface area contributed by atoms with E-state index in [0.717, 1.165) is 24.4 Å². The van der Waals surface area contributed by atoms with Gasteiger partial charge in [-0.05, 0) is 13.3 Å². The number of H-pyrrole nitrogens is 1. The molecule has 0 aliphatic rings. The zero-order valence-corrected chi connectivity index (χ0v) is 12.6. The fraction of sp³-hybridized carbons (Fsp3) is 0.571. The number of aryl methyl sites for hydroxylation is 1. The van der Waals surface area contributed by atoms with Crippen molar-refractivity contribution in [3.63, 3.8) is 0 Å². The largest absolute Gasteiger partial charge is 0.368 e. The Labute approximate surface area is 124 Å². The number of anilines is 2. The lowest BCUT2D eigenvalue weighted by Crippen LogP contribution is -2.12. The van der Waals surface area contributed by atoms with Crippen LogP contribution in [0.4, 0.5) is 11.9 Å². The third kappa shape index (κ3) is 4.14. The second-order valence-corrected chi connectivity index (χ2v) is 5.22. The van der Waals surface area contributed by atoms with Crippen molar-refractivity contribution in [2.75, 3.05) is 11.5 Å². The molecular formula is C14H23N7. The van der Waals surface area contributed by atoms with Crippen molar-refractivity contribution in [2.24, 2.45) is 0 Å². The van der Waals surface area contributed by atoms with Crippen LogP contribution in [-0.2, 0) is 0 Å². The van der Waals surface area contributed by atoms with Crippen LogP contribution in [0.15, 0.2) is 6.20 Å². The van der Waals surface area contributed by atoms with Gasteiger partial charge >= 0.3 is 0 Å². The van der Waals surface area contributed by atoms with Crippen LogP contribution in [0.2, 0.25) is 0 Å². The molecule has 0 fully saturated rings. The molecule has 7 heteroatoms. The molecule has 0 aromatic carbocycles. The Morgan fingerprint density at radius 1 is 1.05 bits per heavy atom. The van der Waals surface area contributed by atoms with Crippen molar-refractivity contribution in [3.05, 3.63) is 23.5 Å². The third-order valence-corrected chi connectivity index (χ3v) is 3.43. The first-order valence-electron chi connectivity index (χ1n) is 7.39. The summed E-state index contributed by atoms with van der Waals surface area (Å²) in [4.78, 5) is 19.9. The highest BCUT2D eigenvalue weighted by Crippen LogP contribution is 2.27. The van der Waals surface area contributed by atoms with Crippen molar-refractivity contribution >= 4 is 11.9 Å². The molecule has 21 heavy (non-hydrogen) atoms. The van der Waals surface area contributed by atoms with E-state index in [-0.39, 0.29) is 17.8 Å². The summed E-state index contributed by atoms with van der Waals surface area (Å²) in [6.07, 6.45) is 7.54. The maximum Gasteiger partial charge on any atom is 0.225 e. The molecule has 0 radical (unpaired) electrons. The van der Waals surface area contributed by atoms with E-state index >= 15 is 0 Å². The number of nitrogens with two attached hydrogens (primary N) is 2. The first-order chi connectivity index (χ1) is 10.1. The summed E-state index contributed by atoms with van der Waals surface area (Å²) in [5, 5.41) is 0. The molecule has 0 saturated heterocycles. The van der Waals surface area contributed by atoms with Gasteiger partial charge in [-0.15, -0.1) is 0 Å². The third-order valence-electron chi connectivity index (χ3n) is 3.43. The van der Waals surface area contributed by atoms with Crippen LogP contribution in [0.3, 0.4) is 0 Å². The minimum Gasteiger partial charge on any atom is -0.368 e. The summed E-state index contributed by atoms with van der Waals surface area (Å²) in [7, 11) is 0. The smallest absolute Gasteiger partial charge is 0.225 e. The van der Waals surface area contributed by atoms with Crippen LogP contribution >= 0.6 is 0 Å². The summed E-state index contributed by atoms with van der Waals surface area (Å²) < 4.78 is 0. The van der Waals surface area contributed by atoms with Gasteiger partial charge in [0.25, 0.3) is 0 Å². The maximum atomic E-state index is 5.69. The number of imidazole rings is 1. The standard InChI is InChI=1S/C14H23N7/c1-3-4-5-6-7-10(11-8-17-9(2)18-11)12-19-13(15)21-14(16)20-12/h8,10H,3-7H2,1-2H3,(H,17,18)(H4,15,16,19,20,21). The van der Waals surface area contributed by atoms with Gasteiger partial charge in [-0.1, -0.05) is 32.6 Å². The number of nitrogen functional groups attached to an aromatic ring is 2. The van der Waals surface area contributed by atoms with Crippen LogP contribution in [0, 0.1) is 6.92 Å². The lowest BCUT2D eigenvalue weighted by atomic mass is 9.97. The van der Waals surface area contributed by atoms with Gasteiger partial charge in [0.05, 0.1) is 11.6 Å². The SMILES string of the molecule is CCCCCCC(c1c[nH]c(C)n1)c1nc(N)nc(N)n1.